The number of rotatable bonds is 8. The molecule has 9 nitrogen and oxygen atoms in total. The number of alkyl halides is 6. The Morgan fingerprint density at radius 1 is 0.976 bits per heavy atom. The van der Waals surface area contributed by atoms with Gasteiger partial charge in [-0.2, -0.15) is 26.3 Å². The molecule has 4 rings (SSSR count). The van der Waals surface area contributed by atoms with E-state index in [9.17, 15) is 31.1 Å². The zero-order valence-electron chi connectivity index (χ0n) is 24.0. The topological polar surface area (TPSA) is 89.3 Å². The van der Waals surface area contributed by atoms with Crippen LogP contribution in [0.25, 0.3) is 0 Å². The molecule has 0 aromatic carbocycles. The number of aromatic nitrogens is 5. The fraction of sp³-hybridized carbons (Fsp3) is 0.731. The zero-order chi connectivity index (χ0) is 30.9. The highest BCUT2D eigenvalue weighted by molar-refractivity contribution is 7.99. The van der Waals surface area contributed by atoms with Gasteiger partial charge >= 0.3 is 18.3 Å². The third kappa shape index (κ3) is 7.66. The number of anilines is 1. The smallest absolute Gasteiger partial charge is 0.414 e. The molecule has 0 N–H and O–H groups in total. The Morgan fingerprint density at radius 3 is 2.19 bits per heavy atom. The number of thioether (sulfide) groups is 1. The van der Waals surface area contributed by atoms with Crippen LogP contribution in [0.2, 0.25) is 0 Å². The fourth-order valence-electron chi connectivity index (χ4n) is 5.05. The normalized spacial score (nSPS) is 17.7. The first-order valence-corrected chi connectivity index (χ1v) is 14.8. The molecule has 0 unspecified atom stereocenters. The lowest BCUT2D eigenvalue weighted by Crippen LogP contribution is -2.47. The second kappa shape index (κ2) is 12.5. The van der Waals surface area contributed by atoms with E-state index < -0.39 is 41.0 Å². The molecule has 1 aliphatic carbocycles. The Labute approximate surface area is 244 Å². The van der Waals surface area contributed by atoms with Gasteiger partial charge in [0.2, 0.25) is 5.75 Å². The van der Waals surface area contributed by atoms with E-state index in [0.29, 0.717) is 19.0 Å². The third-order valence-corrected chi connectivity index (χ3v) is 8.43. The Hall–Kier alpha value is -2.62. The molecule has 16 heteroatoms. The summed E-state index contributed by atoms with van der Waals surface area (Å²) in [5.41, 5.74) is -2.67. The number of esters is 1. The van der Waals surface area contributed by atoms with Crippen molar-refractivity contribution in [2.24, 2.45) is 7.05 Å². The molecule has 234 valence electrons. The molecular weight excluding hydrogens is 588 g/mol. The molecule has 2 fully saturated rings. The molecular formula is C26H35F6N7O2S. The summed E-state index contributed by atoms with van der Waals surface area (Å²) < 4.78 is 87.2. The second-order valence-electron chi connectivity index (χ2n) is 11.6. The summed E-state index contributed by atoms with van der Waals surface area (Å²) in [5.74, 6) is -2.51. The van der Waals surface area contributed by atoms with Gasteiger partial charge in [-0.3, -0.25) is 4.90 Å². The maximum atomic E-state index is 14.0. The van der Waals surface area contributed by atoms with Gasteiger partial charge in [0.15, 0.2) is 16.7 Å². The highest BCUT2D eigenvalue weighted by atomic mass is 32.2. The van der Waals surface area contributed by atoms with Crippen molar-refractivity contribution in [3.8, 4) is 5.75 Å². The molecule has 2 aromatic heterocycles. The minimum atomic E-state index is -5.50. The number of piperazine rings is 1. The van der Waals surface area contributed by atoms with Crippen LogP contribution in [0.3, 0.4) is 0 Å². The highest BCUT2D eigenvalue weighted by Crippen LogP contribution is 2.42. The van der Waals surface area contributed by atoms with Crippen LogP contribution in [0.4, 0.5) is 32.2 Å². The van der Waals surface area contributed by atoms with Crippen LogP contribution in [-0.4, -0.2) is 80.3 Å². The molecule has 0 bridgehead atoms. The Balaban J connectivity index is 1.42. The maximum Gasteiger partial charge on any atom is 0.491 e. The summed E-state index contributed by atoms with van der Waals surface area (Å²) in [4.78, 5) is 22.8. The van der Waals surface area contributed by atoms with E-state index in [2.05, 4.69) is 34.4 Å². The molecule has 0 atom stereocenters. The lowest BCUT2D eigenvalue weighted by atomic mass is 9.95. The van der Waals surface area contributed by atoms with Crippen molar-refractivity contribution in [3.05, 3.63) is 17.3 Å². The van der Waals surface area contributed by atoms with Crippen LogP contribution < -0.4 is 9.64 Å². The predicted octanol–water partition coefficient (Wildman–Crippen LogP) is 5.35. The Morgan fingerprint density at radius 2 is 1.62 bits per heavy atom. The summed E-state index contributed by atoms with van der Waals surface area (Å²) >= 11 is 1.62. The van der Waals surface area contributed by atoms with Crippen molar-refractivity contribution >= 4 is 23.5 Å². The Kier molecular flexibility index (Phi) is 9.65. The first-order valence-electron chi connectivity index (χ1n) is 13.8. The van der Waals surface area contributed by atoms with E-state index in [1.165, 1.54) is 17.7 Å². The van der Waals surface area contributed by atoms with Crippen LogP contribution in [0, 0.1) is 0 Å². The summed E-state index contributed by atoms with van der Waals surface area (Å²) in [6.07, 6.45) is -5.15. The van der Waals surface area contributed by atoms with Gasteiger partial charge in [-0.05, 0) is 25.8 Å². The van der Waals surface area contributed by atoms with Gasteiger partial charge in [0.05, 0.1) is 0 Å². The van der Waals surface area contributed by atoms with Gasteiger partial charge in [0.25, 0.3) is 0 Å². The number of ether oxygens (including phenoxy) is 1. The average Bonchev–Trinajstić information content (AvgIpc) is 3.55. The lowest BCUT2D eigenvalue weighted by Gasteiger charge is -2.36. The highest BCUT2D eigenvalue weighted by Gasteiger charge is 2.46. The summed E-state index contributed by atoms with van der Waals surface area (Å²) in [7, 11) is 1.98. The number of nitrogens with zero attached hydrogens (tertiary/aromatic N) is 7. The minimum Gasteiger partial charge on any atom is -0.414 e. The van der Waals surface area contributed by atoms with Crippen molar-refractivity contribution in [2.45, 2.75) is 81.7 Å². The van der Waals surface area contributed by atoms with Gasteiger partial charge < -0.3 is 14.2 Å². The van der Waals surface area contributed by atoms with E-state index in [4.69, 9.17) is 0 Å². The van der Waals surface area contributed by atoms with E-state index >= 15 is 0 Å². The molecule has 42 heavy (non-hydrogen) atoms. The standard InChI is InChI=1S/C26H35F6N7O2S/c1-24(2,3)21-33-18(25(27,28)29)17(41-22(40)26(30,31)32)20(34-21)39-13-11-38(12-14-39)10-7-15-42-23-36-35-19(37(23)4)16-8-5-6-9-16/h16H,5-15H2,1-4H3. The zero-order valence-corrected chi connectivity index (χ0v) is 24.8. The lowest BCUT2D eigenvalue weighted by molar-refractivity contribution is -0.190. The van der Waals surface area contributed by atoms with Crippen LogP contribution in [0.1, 0.15) is 76.1 Å². The first kappa shape index (κ1) is 32.3. The second-order valence-corrected chi connectivity index (χ2v) is 12.7. The van der Waals surface area contributed by atoms with Crippen molar-refractivity contribution in [1.29, 1.82) is 0 Å². The van der Waals surface area contributed by atoms with Crippen molar-refractivity contribution in [3.63, 3.8) is 0 Å². The van der Waals surface area contributed by atoms with Gasteiger partial charge in [0.1, 0.15) is 11.6 Å². The van der Waals surface area contributed by atoms with Gasteiger partial charge in [-0.25, -0.2) is 14.8 Å². The van der Waals surface area contributed by atoms with Crippen molar-refractivity contribution < 1.29 is 35.9 Å². The van der Waals surface area contributed by atoms with Crippen LogP contribution in [-0.2, 0) is 23.4 Å². The average molecular weight is 624 g/mol. The minimum absolute atomic E-state index is 0.176. The number of carbonyl (C=O) groups excluding carboxylic acids is 1. The van der Waals surface area contributed by atoms with Gasteiger partial charge in [0, 0.05) is 50.3 Å². The largest absolute Gasteiger partial charge is 0.491 e. The fourth-order valence-corrected chi connectivity index (χ4v) is 5.89. The van der Waals surface area contributed by atoms with Crippen LogP contribution in [0.15, 0.2) is 5.16 Å². The van der Waals surface area contributed by atoms with E-state index in [-0.39, 0.29) is 18.9 Å². The molecule has 0 spiro atoms. The molecule has 1 saturated carbocycles. The van der Waals surface area contributed by atoms with E-state index in [1.54, 1.807) is 32.5 Å². The summed E-state index contributed by atoms with van der Waals surface area (Å²) in [6, 6.07) is 0. The van der Waals surface area contributed by atoms with E-state index in [1.807, 2.05) is 7.05 Å². The summed E-state index contributed by atoms with van der Waals surface area (Å²) in [6.45, 7) is 6.69. The molecule has 1 saturated heterocycles. The van der Waals surface area contributed by atoms with Crippen molar-refractivity contribution in [2.75, 3.05) is 43.4 Å². The van der Waals surface area contributed by atoms with Gasteiger partial charge in [-0.1, -0.05) is 45.4 Å². The number of hydrogen-bond acceptors (Lipinski definition) is 9. The predicted molar refractivity (Wildman–Crippen MR) is 144 cm³/mol. The molecule has 0 radical (unpaired) electrons. The molecule has 0 amide bonds. The summed E-state index contributed by atoms with van der Waals surface area (Å²) in [5, 5.41) is 9.59. The molecule has 2 aromatic rings. The molecule has 1 aliphatic heterocycles. The first-order chi connectivity index (χ1) is 19.6. The quantitative estimate of drug-likeness (QED) is 0.167. The molecule has 2 aliphatic rings. The van der Waals surface area contributed by atoms with Crippen molar-refractivity contribution in [1.82, 2.24) is 29.6 Å². The van der Waals surface area contributed by atoms with Crippen LogP contribution in [0.5, 0.6) is 5.75 Å². The number of hydrogen-bond donors (Lipinski definition) is 0. The van der Waals surface area contributed by atoms with Crippen LogP contribution >= 0.6 is 11.8 Å². The van der Waals surface area contributed by atoms with Gasteiger partial charge in [-0.15, -0.1) is 10.2 Å². The monoisotopic (exact) mass is 623 g/mol. The number of carbonyl (C=O) groups is 1. The Bertz CT molecular complexity index is 1250. The molecule has 3 heterocycles. The SMILES string of the molecule is Cn1c(SCCCN2CCN(c3nc(C(C)(C)C)nc(C(F)(F)F)c3OC(=O)C(F)(F)F)CC2)nnc1C1CCCC1. The maximum absolute atomic E-state index is 14.0. The van der Waals surface area contributed by atoms with E-state index in [0.717, 1.165) is 42.5 Å². The third-order valence-electron chi connectivity index (χ3n) is 7.32. The number of halogens is 6.